The molecule has 1 amide bonds. The van der Waals surface area contributed by atoms with Crippen LogP contribution >= 0.6 is 11.3 Å². The maximum absolute atomic E-state index is 12.4. The first-order valence-corrected chi connectivity index (χ1v) is 8.85. The van der Waals surface area contributed by atoms with Gasteiger partial charge in [0.2, 0.25) is 0 Å². The Morgan fingerprint density at radius 2 is 2.17 bits per heavy atom. The van der Waals surface area contributed by atoms with Crippen molar-refractivity contribution < 1.29 is 4.79 Å². The van der Waals surface area contributed by atoms with Gasteiger partial charge in [-0.3, -0.25) is 9.59 Å². The average Bonchev–Trinajstić information content (AvgIpc) is 2.88. The highest BCUT2D eigenvalue weighted by Crippen LogP contribution is 2.32. The molecule has 0 bridgehead atoms. The van der Waals surface area contributed by atoms with Crippen LogP contribution < -0.4 is 10.9 Å². The number of hydrogen-bond acceptors (Lipinski definition) is 3. The average molecular weight is 330 g/mol. The van der Waals surface area contributed by atoms with E-state index in [0.29, 0.717) is 11.5 Å². The fraction of sp³-hybridized carbons (Fsp3) is 0.444. The van der Waals surface area contributed by atoms with Crippen LogP contribution in [0.3, 0.4) is 0 Å². The summed E-state index contributed by atoms with van der Waals surface area (Å²) in [5, 5.41) is 2.89. The van der Waals surface area contributed by atoms with Crippen molar-refractivity contribution >= 4 is 17.2 Å². The number of aromatic amines is 1. The molecule has 0 aromatic carbocycles. The minimum absolute atomic E-state index is 0.0866. The van der Waals surface area contributed by atoms with E-state index in [1.807, 2.05) is 26.0 Å². The Bertz CT molecular complexity index is 804. The predicted molar refractivity (Wildman–Crippen MR) is 93.2 cm³/mol. The largest absolute Gasteiger partial charge is 0.347 e. The van der Waals surface area contributed by atoms with Crippen LogP contribution in [0.25, 0.3) is 0 Å². The summed E-state index contributed by atoms with van der Waals surface area (Å²) < 4.78 is 0. The van der Waals surface area contributed by atoms with E-state index < -0.39 is 0 Å². The van der Waals surface area contributed by atoms with Gasteiger partial charge >= 0.3 is 0 Å². The number of hydrogen-bond donors (Lipinski definition) is 2. The molecule has 0 fully saturated rings. The number of aryl methyl sites for hydroxylation is 3. The molecule has 122 valence electrons. The minimum Gasteiger partial charge on any atom is -0.347 e. The highest BCUT2D eigenvalue weighted by molar-refractivity contribution is 7.14. The Morgan fingerprint density at radius 3 is 2.91 bits per heavy atom. The van der Waals surface area contributed by atoms with Gasteiger partial charge in [0.15, 0.2) is 0 Å². The zero-order chi connectivity index (χ0) is 16.6. The molecule has 1 atom stereocenters. The summed E-state index contributed by atoms with van der Waals surface area (Å²) in [6.45, 7) is 6.27. The molecule has 0 saturated heterocycles. The van der Waals surface area contributed by atoms with Crippen molar-refractivity contribution in [2.45, 2.75) is 46.6 Å². The summed E-state index contributed by atoms with van der Waals surface area (Å²) in [6.07, 6.45) is 3.34. The Labute approximate surface area is 140 Å². The van der Waals surface area contributed by atoms with E-state index >= 15 is 0 Å². The van der Waals surface area contributed by atoms with Crippen molar-refractivity contribution in [1.29, 1.82) is 0 Å². The zero-order valence-corrected chi connectivity index (χ0v) is 14.6. The lowest BCUT2D eigenvalue weighted by molar-refractivity contribution is 0.0954. The maximum atomic E-state index is 12.4. The van der Waals surface area contributed by atoms with Gasteiger partial charge in [0.25, 0.3) is 11.5 Å². The van der Waals surface area contributed by atoms with Crippen LogP contribution in [0, 0.1) is 19.8 Å². The van der Waals surface area contributed by atoms with Gasteiger partial charge in [-0.2, -0.15) is 0 Å². The lowest BCUT2D eigenvalue weighted by atomic mass is 9.90. The highest BCUT2D eigenvalue weighted by Gasteiger charge is 2.20. The van der Waals surface area contributed by atoms with Crippen LogP contribution in [0.15, 0.2) is 16.9 Å². The molecule has 2 heterocycles. The molecule has 5 heteroatoms. The summed E-state index contributed by atoms with van der Waals surface area (Å²) in [6, 6.07) is 3.95. The number of aromatic nitrogens is 1. The van der Waals surface area contributed by atoms with Gasteiger partial charge in [0, 0.05) is 22.7 Å². The van der Waals surface area contributed by atoms with E-state index in [-0.39, 0.29) is 18.0 Å². The number of carbonyl (C=O) groups excluding carboxylic acids is 1. The molecule has 23 heavy (non-hydrogen) atoms. The second-order valence-electron chi connectivity index (χ2n) is 6.53. The monoisotopic (exact) mass is 330 g/mol. The van der Waals surface area contributed by atoms with Gasteiger partial charge in [0.05, 0.1) is 4.88 Å². The lowest BCUT2D eigenvalue weighted by Crippen LogP contribution is -2.27. The molecule has 0 radical (unpaired) electrons. The molecule has 0 spiro atoms. The molecule has 4 nitrogen and oxygen atoms in total. The first-order valence-electron chi connectivity index (χ1n) is 8.03. The third-order valence-corrected chi connectivity index (χ3v) is 5.71. The molecule has 2 aromatic heterocycles. The topological polar surface area (TPSA) is 62.0 Å². The molecule has 3 rings (SSSR count). The normalized spacial score (nSPS) is 16.9. The van der Waals surface area contributed by atoms with Gasteiger partial charge in [-0.25, -0.2) is 0 Å². The van der Waals surface area contributed by atoms with Crippen molar-refractivity contribution in [1.82, 2.24) is 10.3 Å². The van der Waals surface area contributed by atoms with Crippen molar-refractivity contribution in [3.8, 4) is 0 Å². The Kier molecular flexibility index (Phi) is 4.39. The molecule has 0 saturated carbocycles. The van der Waals surface area contributed by atoms with Crippen LogP contribution in [0.1, 0.15) is 50.3 Å². The molecular formula is C18H22N2O2S. The van der Waals surface area contributed by atoms with Crippen LogP contribution in [0.4, 0.5) is 0 Å². The Hall–Kier alpha value is -1.88. The molecular weight excluding hydrogens is 308 g/mol. The molecule has 1 aliphatic rings. The summed E-state index contributed by atoms with van der Waals surface area (Å²) in [5.74, 6) is 0.609. The third-order valence-electron chi connectivity index (χ3n) is 4.47. The van der Waals surface area contributed by atoms with Crippen molar-refractivity contribution in [3.05, 3.63) is 54.6 Å². The summed E-state index contributed by atoms with van der Waals surface area (Å²) in [7, 11) is 0. The number of amides is 1. The number of fused-ring (bicyclic) bond motifs is 1. The van der Waals surface area contributed by atoms with Gasteiger partial charge in [0.1, 0.15) is 0 Å². The van der Waals surface area contributed by atoms with Crippen LogP contribution in [-0.4, -0.2) is 10.9 Å². The summed E-state index contributed by atoms with van der Waals surface area (Å²) in [5.41, 5.74) is 3.57. The lowest BCUT2D eigenvalue weighted by Gasteiger charge is -2.16. The number of pyridine rings is 1. The van der Waals surface area contributed by atoms with E-state index in [1.165, 1.54) is 16.9 Å². The van der Waals surface area contributed by atoms with Crippen LogP contribution in [-0.2, 0) is 19.4 Å². The minimum atomic E-state index is -0.123. The van der Waals surface area contributed by atoms with Crippen molar-refractivity contribution in [2.24, 2.45) is 5.92 Å². The number of H-pyrrole nitrogens is 1. The fourth-order valence-corrected chi connectivity index (χ4v) is 4.30. The second-order valence-corrected chi connectivity index (χ2v) is 7.67. The van der Waals surface area contributed by atoms with Gasteiger partial charge < -0.3 is 10.3 Å². The molecule has 2 aromatic rings. The van der Waals surface area contributed by atoms with Crippen LogP contribution in [0.5, 0.6) is 0 Å². The third kappa shape index (κ3) is 3.39. The zero-order valence-electron chi connectivity index (χ0n) is 13.8. The van der Waals surface area contributed by atoms with Crippen molar-refractivity contribution in [2.75, 3.05) is 0 Å². The number of carbonyl (C=O) groups is 1. The number of nitrogens with one attached hydrogen (secondary N) is 2. The van der Waals surface area contributed by atoms with Gasteiger partial charge in [-0.15, -0.1) is 11.3 Å². The molecule has 1 aliphatic carbocycles. The second kappa shape index (κ2) is 6.32. The maximum Gasteiger partial charge on any atom is 0.261 e. The summed E-state index contributed by atoms with van der Waals surface area (Å²) >= 11 is 1.59. The number of rotatable bonds is 3. The van der Waals surface area contributed by atoms with E-state index in [0.717, 1.165) is 29.0 Å². The quantitative estimate of drug-likeness (QED) is 0.908. The first-order chi connectivity index (χ1) is 10.9. The van der Waals surface area contributed by atoms with E-state index in [1.54, 1.807) is 11.3 Å². The molecule has 0 unspecified atom stereocenters. The fourth-order valence-electron chi connectivity index (χ4n) is 3.17. The standard InChI is InChI=1S/C18H22N2O2S/c1-10-4-5-15-13(6-10)8-16(23-15)18(22)19-9-14-11(2)7-12(3)20-17(14)21/h7-8,10H,4-6,9H2,1-3H3,(H,19,22)(H,20,21)/t10-/m1/s1. The van der Waals surface area contributed by atoms with Crippen molar-refractivity contribution in [3.63, 3.8) is 0 Å². The Balaban J connectivity index is 1.72. The summed E-state index contributed by atoms with van der Waals surface area (Å²) in [4.78, 5) is 29.3. The highest BCUT2D eigenvalue weighted by atomic mass is 32.1. The predicted octanol–water partition coefficient (Wildman–Crippen LogP) is 3.11. The van der Waals surface area contributed by atoms with Gasteiger partial charge in [-0.1, -0.05) is 6.92 Å². The smallest absolute Gasteiger partial charge is 0.261 e. The van der Waals surface area contributed by atoms with E-state index in [9.17, 15) is 9.59 Å². The molecule has 2 N–H and O–H groups in total. The first kappa shape index (κ1) is 16.0. The number of thiophene rings is 1. The molecule has 0 aliphatic heterocycles. The Morgan fingerprint density at radius 1 is 1.39 bits per heavy atom. The van der Waals surface area contributed by atoms with E-state index in [4.69, 9.17) is 0 Å². The SMILES string of the molecule is Cc1cc(C)c(CNC(=O)c2cc3c(s2)CC[C@@H](C)C3)c(=O)[nH]1. The van der Waals surface area contributed by atoms with Crippen LogP contribution in [0.2, 0.25) is 0 Å². The van der Waals surface area contributed by atoms with Gasteiger partial charge in [-0.05, 0) is 62.3 Å². The van der Waals surface area contributed by atoms with E-state index in [2.05, 4.69) is 17.2 Å².